The molecular formula is C16H16O2. The summed E-state index contributed by atoms with van der Waals surface area (Å²) >= 11 is 0. The predicted molar refractivity (Wildman–Crippen MR) is 71.5 cm³/mol. The van der Waals surface area contributed by atoms with Gasteiger partial charge in [-0.05, 0) is 34.7 Å². The molecule has 2 aromatic carbocycles. The van der Waals surface area contributed by atoms with Crippen molar-refractivity contribution in [2.24, 2.45) is 11.3 Å². The minimum absolute atomic E-state index is 0.0592. The zero-order chi connectivity index (χ0) is 12.8. The van der Waals surface area contributed by atoms with Gasteiger partial charge in [-0.25, -0.2) is 0 Å². The molecule has 0 radical (unpaired) electrons. The summed E-state index contributed by atoms with van der Waals surface area (Å²) in [5.74, 6) is 0.598. The quantitative estimate of drug-likeness (QED) is 0.589. The van der Waals surface area contributed by atoms with E-state index in [9.17, 15) is 4.79 Å². The van der Waals surface area contributed by atoms with Gasteiger partial charge in [-0.15, -0.1) is 0 Å². The van der Waals surface area contributed by atoms with Crippen molar-refractivity contribution in [3.05, 3.63) is 42.5 Å². The van der Waals surface area contributed by atoms with Crippen LogP contribution in [0.2, 0.25) is 0 Å². The van der Waals surface area contributed by atoms with Crippen LogP contribution in [-0.2, 0) is 4.79 Å². The van der Waals surface area contributed by atoms with E-state index < -0.39 is 0 Å². The topological polar surface area (TPSA) is 26.3 Å². The van der Waals surface area contributed by atoms with Gasteiger partial charge in [-0.3, -0.25) is 4.79 Å². The fourth-order valence-electron chi connectivity index (χ4n) is 2.29. The Morgan fingerprint density at radius 1 is 1.17 bits per heavy atom. The van der Waals surface area contributed by atoms with Crippen LogP contribution in [0.4, 0.5) is 0 Å². The van der Waals surface area contributed by atoms with Gasteiger partial charge in [0.25, 0.3) is 0 Å². The number of fused-ring (bicyclic) bond motifs is 1. The van der Waals surface area contributed by atoms with E-state index >= 15 is 0 Å². The van der Waals surface area contributed by atoms with E-state index in [-0.39, 0.29) is 17.3 Å². The van der Waals surface area contributed by atoms with E-state index in [0.717, 1.165) is 17.2 Å². The zero-order valence-corrected chi connectivity index (χ0v) is 10.6. The normalized spacial score (nSPS) is 20.7. The fourth-order valence-corrected chi connectivity index (χ4v) is 2.29. The fraction of sp³-hybridized carbons (Fsp3) is 0.312. The van der Waals surface area contributed by atoms with Crippen molar-refractivity contribution in [2.75, 3.05) is 0 Å². The summed E-state index contributed by atoms with van der Waals surface area (Å²) in [6.45, 7) is 4.19. The van der Waals surface area contributed by atoms with Crippen molar-refractivity contribution in [3.63, 3.8) is 0 Å². The molecule has 18 heavy (non-hydrogen) atoms. The lowest BCUT2D eigenvalue weighted by atomic mass is 10.1. The molecule has 3 rings (SSSR count). The molecule has 0 amide bonds. The van der Waals surface area contributed by atoms with Crippen molar-refractivity contribution >= 4 is 16.7 Å². The van der Waals surface area contributed by atoms with Crippen molar-refractivity contribution in [2.45, 2.75) is 20.3 Å². The third kappa shape index (κ3) is 1.99. The van der Waals surface area contributed by atoms with Gasteiger partial charge in [0, 0.05) is 0 Å². The Morgan fingerprint density at radius 3 is 2.50 bits per heavy atom. The van der Waals surface area contributed by atoms with Gasteiger partial charge in [0.2, 0.25) is 0 Å². The summed E-state index contributed by atoms with van der Waals surface area (Å²) in [5, 5.41) is 2.25. The molecule has 0 aliphatic heterocycles. The Balaban J connectivity index is 1.81. The van der Waals surface area contributed by atoms with Crippen molar-refractivity contribution in [1.82, 2.24) is 0 Å². The van der Waals surface area contributed by atoms with Gasteiger partial charge >= 0.3 is 5.97 Å². The van der Waals surface area contributed by atoms with Crippen LogP contribution in [0.3, 0.4) is 0 Å². The van der Waals surface area contributed by atoms with E-state index in [1.165, 1.54) is 0 Å². The van der Waals surface area contributed by atoms with Crippen molar-refractivity contribution < 1.29 is 9.53 Å². The second-order valence-corrected chi connectivity index (χ2v) is 5.68. The van der Waals surface area contributed by atoms with E-state index in [0.29, 0.717) is 5.75 Å². The van der Waals surface area contributed by atoms with Crippen LogP contribution in [0.15, 0.2) is 42.5 Å². The molecule has 2 nitrogen and oxygen atoms in total. The Morgan fingerprint density at radius 2 is 1.83 bits per heavy atom. The maximum absolute atomic E-state index is 11.9. The maximum atomic E-state index is 11.9. The summed E-state index contributed by atoms with van der Waals surface area (Å²) in [6.07, 6.45) is 0.930. The maximum Gasteiger partial charge on any atom is 0.314 e. The van der Waals surface area contributed by atoms with Gasteiger partial charge in [-0.2, -0.15) is 0 Å². The second kappa shape index (κ2) is 3.84. The molecule has 1 atom stereocenters. The Hall–Kier alpha value is -1.83. The van der Waals surface area contributed by atoms with E-state index in [4.69, 9.17) is 4.74 Å². The minimum Gasteiger partial charge on any atom is -0.426 e. The number of ether oxygens (including phenoxy) is 1. The molecule has 1 aliphatic carbocycles. The van der Waals surface area contributed by atoms with E-state index in [1.54, 1.807) is 0 Å². The summed E-state index contributed by atoms with van der Waals surface area (Å²) in [5.41, 5.74) is 0.119. The molecule has 2 heteroatoms. The van der Waals surface area contributed by atoms with E-state index in [2.05, 4.69) is 13.8 Å². The zero-order valence-electron chi connectivity index (χ0n) is 10.6. The summed E-state index contributed by atoms with van der Waals surface area (Å²) in [4.78, 5) is 11.9. The van der Waals surface area contributed by atoms with Gasteiger partial charge < -0.3 is 4.74 Å². The van der Waals surface area contributed by atoms with Crippen LogP contribution in [-0.4, -0.2) is 5.97 Å². The van der Waals surface area contributed by atoms with Gasteiger partial charge in [0.05, 0.1) is 5.92 Å². The molecule has 1 fully saturated rings. The Bertz CT molecular complexity index is 613. The number of hydrogen-bond acceptors (Lipinski definition) is 2. The summed E-state index contributed by atoms with van der Waals surface area (Å²) < 4.78 is 5.44. The molecule has 1 aliphatic rings. The number of hydrogen-bond donors (Lipinski definition) is 0. The third-order valence-corrected chi connectivity index (χ3v) is 3.74. The average Bonchev–Trinajstić information content (AvgIpc) is 2.98. The highest BCUT2D eigenvalue weighted by Gasteiger charge is 2.51. The van der Waals surface area contributed by atoms with Crippen LogP contribution >= 0.6 is 0 Å². The molecule has 92 valence electrons. The third-order valence-electron chi connectivity index (χ3n) is 3.74. The molecule has 0 aromatic heterocycles. The first kappa shape index (κ1) is 11.3. The number of benzene rings is 2. The highest BCUT2D eigenvalue weighted by molar-refractivity contribution is 5.85. The van der Waals surface area contributed by atoms with Gasteiger partial charge in [-0.1, -0.05) is 44.2 Å². The average molecular weight is 240 g/mol. The first-order valence-electron chi connectivity index (χ1n) is 6.27. The molecule has 0 heterocycles. The standard InChI is InChI=1S/C16H16O2/c1-16(2)10-14(16)15(17)18-13-8-7-11-5-3-4-6-12(11)9-13/h3-9,14H,10H2,1-2H3. The summed E-state index contributed by atoms with van der Waals surface area (Å²) in [7, 11) is 0. The summed E-state index contributed by atoms with van der Waals surface area (Å²) in [6, 6.07) is 13.8. The number of esters is 1. The predicted octanol–water partition coefficient (Wildman–Crippen LogP) is 3.79. The van der Waals surface area contributed by atoms with Crippen LogP contribution < -0.4 is 4.74 Å². The van der Waals surface area contributed by atoms with E-state index in [1.807, 2.05) is 42.5 Å². The van der Waals surface area contributed by atoms with Crippen LogP contribution in [0.25, 0.3) is 10.8 Å². The molecule has 2 aromatic rings. The Kier molecular flexibility index (Phi) is 2.40. The van der Waals surface area contributed by atoms with Crippen LogP contribution in [0.5, 0.6) is 5.75 Å². The second-order valence-electron chi connectivity index (χ2n) is 5.68. The first-order valence-corrected chi connectivity index (χ1v) is 6.27. The molecule has 0 saturated heterocycles. The first-order chi connectivity index (χ1) is 8.56. The lowest BCUT2D eigenvalue weighted by Crippen LogP contribution is -2.13. The Labute approximate surface area is 107 Å². The largest absolute Gasteiger partial charge is 0.426 e. The monoisotopic (exact) mass is 240 g/mol. The smallest absolute Gasteiger partial charge is 0.314 e. The van der Waals surface area contributed by atoms with Crippen molar-refractivity contribution in [3.8, 4) is 5.75 Å². The molecule has 1 unspecified atom stereocenters. The lowest BCUT2D eigenvalue weighted by Gasteiger charge is -2.06. The molecule has 0 bridgehead atoms. The van der Waals surface area contributed by atoms with Gasteiger partial charge in [0.1, 0.15) is 5.75 Å². The molecule has 1 saturated carbocycles. The highest BCUT2D eigenvalue weighted by atomic mass is 16.5. The molecule has 0 N–H and O–H groups in total. The highest BCUT2D eigenvalue weighted by Crippen LogP contribution is 2.52. The van der Waals surface area contributed by atoms with Gasteiger partial charge in [0.15, 0.2) is 0 Å². The van der Waals surface area contributed by atoms with Crippen molar-refractivity contribution in [1.29, 1.82) is 0 Å². The number of carbonyl (C=O) groups is 1. The SMILES string of the molecule is CC1(C)CC1C(=O)Oc1ccc2ccccc2c1. The number of rotatable bonds is 2. The number of carbonyl (C=O) groups excluding carboxylic acids is 1. The van der Waals surface area contributed by atoms with Crippen LogP contribution in [0.1, 0.15) is 20.3 Å². The van der Waals surface area contributed by atoms with Crippen LogP contribution in [0, 0.1) is 11.3 Å². The molecule has 0 spiro atoms. The lowest BCUT2D eigenvalue weighted by molar-refractivity contribution is -0.136. The minimum atomic E-state index is -0.102. The molecular weight excluding hydrogens is 224 g/mol.